The molecule has 0 N–H and O–H groups in total. The smallest absolute Gasteiger partial charge is 0.102 e. The molecule has 5 nitrogen and oxygen atoms in total. The molecule has 1 heterocycles. The Hall–Kier alpha value is -7.96. The van der Waals surface area contributed by atoms with Crippen LogP contribution in [0.3, 0.4) is 0 Å². The minimum absolute atomic E-state index is 0.277. The predicted octanol–water partition coefficient (Wildman–Crippen LogP) is 11.6. The Kier molecular flexibility index (Phi) is 7.28. The summed E-state index contributed by atoms with van der Waals surface area (Å²) in [6.45, 7) is 0. The summed E-state index contributed by atoms with van der Waals surface area (Å²) >= 11 is 0. The van der Waals surface area contributed by atoms with E-state index in [1.165, 1.54) is 0 Å². The second-order valence-corrected chi connectivity index (χ2v) is 12.9. The van der Waals surface area contributed by atoms with Gasteiger partial charge in [0.15, 0.2) is 0 Å². The van der Waals surface area contributed by atoms with Crippen LogP contribution in [0.1, 0.15) is 22.3 Å². The van der Waals surface area contributed by atoms with Gasteiger partial charge in [0.25, 0.3) is 0 Å². The third kappa shape index (κ3) is 4.75. The fourth-order valence-corrected chi connectivity index (χ4v) is 7.97. The molecule has 0 radical (unpaired) electrons. The van der Waals surface area contributed by atoms with Crippen LogP contribution >= 0.6 is 0 Å². The molecule has 53 heavy (non-hydrogen) atoms. The lowest BCUT2D eigenvalue weighted by Gasteiger charge is -2.22. The van der Waals surface area contributed by atoms with Crippen molar-refractivity contribution in [2.24, 2.45) is 0 Å². The SMILES string of the molecule is N#Cc1cc(C#N)c(-c2c3ccccc3c(-c3ccccc3)c3ccccc23)c(-c2cc(C#N)cc(-n3c4ccccc4c4ccccc43)c2C#N)c1. The van der Waals surface area contributed by atoms with Gasteiger partial charge in [-0.15, -0.1) is 0 Å². The van der Waals surface area contributed by atoms with E-state index in [1.54, 1.807) is 24.3 Å². The summed E-state index contributed by atoms with van der Waals surface area (Å²) in [5.74, 6) is 0. The molecule has 0 spiro atoms. The molecule has 0 saturated heterocycles. The fraction of sp³-hybridized carbons (Fsp3) is 0. The van der Waals surface area contributed by atoms with Crippen molar-refractivity contribution in [3.05, 3.63) is 174 Å². The van der Waals surface area contributed by atoms with Crippen molar-refractivity contribution in [1.29, 1.82) is 21.0 Å². The summed E-state index contributed by atoms with van der Waals surface area (Å²) in [7, 11) is 0. The average molecular weight is 672 g/mol. The number of hydrogen-bond acceptors (Lipinski definition) is 4. The topological polar surface area (TPSA) is 100 Å². The van der Waals surface area contributed by atoms with Crippen molar-refractivity contribution in [2.75, 3.05) is 0 Å². The lowest BCUT2D eigenvalue weighted by Crippen LogP contribution is -2.03. The molecule has 0 bridgehead atoms. The Balaban J connectivity index is 1.46. The van der Waals surface area contributed by atoms with Crippen molar-refractivity contribution in [2.45, 2.75) is 0 Å². The van der Waals surface area contributed by atoms with Gasteiger partial charge in [0, 0.05) is 21.9 Å². The number of para-hydroxylation sites is 2. The van der Waals surface area contributed by atoms with E-state index in [0.717, 1.165) is 60.0 Å². The number of nitriles is 4. The molecule has 0 aliphatic heterocycles. The molecular formula is C48H25N5. The molecule has 0 atom stereocenters. The van der Waals surface area contributed by atoms with Gasteiger partial charge in [-0.25, -0.2) is 0 Å². The second kappa shape index (κ2) is 12.4. The lowest BCUT2D eigenvalue weighted by molar-refractivity contribution is 1.16. The molecule has 0 amide bonds. The fourth-order valence-electron chi connectivity index (χ4n) is 7.97. The summed E-state index contributed by atoms with van der Waals surface area (Å²) in [5, 5.41) is 48.6. The molecule has 0 aliphatic rings. The average Bonchev–Trinajstić information content (AvgIpc) is 3.56. The largest absolute Gasteiger partial charge is 0.308 e. The zero-order valence-electron chi connectivity index (χ0n) is 28.2. The van der Waals surface area contributed by atoms with E-state index in [9.17, 15) is 21.0 Å². The van der Waals surface area contributed by atoms with E-state index in [1.807, 2.05) is 83.4 Å². The lowest BCUT2D eigenvalue weighted by atomic mass is 9.80. The van der Waals surface area contributed by atoms with Crippen LogP contribution in [-0.4, -0.2) is 4.57 Å². The molecule has 1 aromatic heterocycles. The van der Waals surface area contributed by atoms with E-state index in [-0.39, 0.29) is 5.56 Å². The van der Waals surface area contributed by atoms with Crippen LogP contribution in [0.25, 0.3) is 82.4 Å². The molecule has 9 aromatic rings. The van der Waals surface area contributed by atoms with Gasteiger partial charge in [0.1, 0.15) is 6.07 Å². The minimum Gasteiger partial charge on any atom is -0.308 e. The third-order valence-corrected chi connectivity index (χ3v) is 10.1. The Morgan fingerprint density at radius 3 is 1.38 bits per heavy atom. The number of rotatable bonds is 4. The highest BCUT2D eigenvalue weighted by molar-refractivity contribution is 6.23. The molecule has 0 saturated carbocycles. The van der Waals surface area contributed by atoms with Gasteiger partial charge in [-0.3, -0.25) is 0 Å². The Morgan fingerprint density at radius 2 is 0.849 bits per heavy atom. The maximum Gasteiger partial charge on any atom is 0.102 e. The molecule has 9 rings (SSSR count). The van der Waals surface area contributed by atoms with Crippen LogP contribution in [-0.2, 0) is 0 Å². The van der Waals surface area contributed by atoms with Crippen molar-refractivity contribution in [1.82, 2.24) is 4.57 Å². The first-order chi connectivity index (χ1) is 26.1. The number of nitrogens with zero attached hydrogens (tertiary/aromatic N) is 5. The highest BCUT2D eigenvalue weighted by Gasteiger charge is 2.26. The van der Waals surface area contributed by atoms with Crippen molar-refractivity contribution in [3.63, 3.8) is 0 Å². The first kappa shape index (κ1) is 31.1. The summed E-state index contributed by atoms with van der Waals surface area (Å²) in [6, 6.07) is 58.9. The molecule has 0 fully saturated rings. The van der Waals surface area contributed by atoms with Crippen molar-refractivity contribution >= 4 is 43.4 Å². The summed E-state index contributed by atoms with van der Waals surface area (Å²) in [4.78, 5) is 0. The predicted molar refractivity (Wildman–Crippen MR) is 211 cm³/mol. The molecule has 0 unspecified atom stereocenters. The molecule has 0 aliphatic carbocycles. The van der Waals surface area contributed by atoms with Gasteiger partial charge < -0.3 is 4.57 Å². The van der Waals surface area contributed by atoms with Gasteiger partial charge in [-0.1, -0.05) is 115 Å². The summed E-state index contributed by atoms with van der Waals surface area (Å²) in [6.07, 6.45) is 0. The van der Waals surface area contributed by atoms with E-state index >= 15 is 0 Å². The van der Waals surface area contributed by atoms with E-state index in [4.69, 9.17) is 0 Å². The number of hydrogen-bond donors (Lipinski definition) is 0. The normalized spacial score (nSPS) is 10.9. The van der Waals surface area contributed by atoms with Crippen LogP contribution in [0.4, 0.5) is 0 Å². The number of fused-ring (bicyclic) bond motifs is 5. The van der Waals surface area contributed by atoms with Crippen LogP contribution in [0.15, 0.2) is 152 Å². The molecule has 8 aromatic carbocycles. The maximum atomic E-state index is 11.1. The highest BCUT2D eigenvalue weighted by Crippen LogP contribution is 2.48. The monoisotopic (exact) mass is 671 g/mol. The second-order valence-electron chi connectivity index (χ2n) is 12.9. The van der Waals surface area contributed by atoms with Crippen LogP contribution in [0, 0.1) is 45.3 Å². The van der Waals surface area contributed by atoms with Crippen molar-refractivity contribution < 1.29 is 0 Å². The van der Waals surface area contributed by atoms with Crippen LogP contribution in [0.5, 0.6) is 0 Å². The van der Waals surface area contributed by atoms with Crippen LogP contribution in [0.2, 0.25) is 0 Å². The maximum absolute atomic E-state index is 11.1. The van der Waals surface area contributed by atoms with Gasteiger partial charge >= 0.3 is 0 Å². The van der Waals surface area contributed by atoms with E-state index < -0.39 is 0 Å². The van der Waals surface area contributed by atoms with E-state index in [0.29, 0.717) is 39.1 Å². The van der Waals surface area contributed by atoms with Crippen LogP contribution < -0.4 is 0 Å². The standard InChI is InChI=1S/C48H25N5/c49-26-30-22-33(28-51)47(48-38-18-6-4-16-36(38)46(32-12-2-1-3-13-32)37-17-5-7-19-39(37)48)41(24-30)40-23-31(27-50)25-45(42(40)29-52)53-43-20-10-8-14-34(43)35-15-9-11-21-44(35)53/h1-25H. The zero-order chi connectivity index (χ0) is 36.1. The third-order valence-electron chi connectivity index (χ3n) is 10.1. The quantitative estimate of drug-likeness (QED) is 0.174. The number of aromatic nitrogens is 1. The van der Waals surface area contributed by atoms with E-state index in [2.05, 4.69) is 72.8 Å². The Labute approximate surface area is 305 Å². The highest BCUT2D eigenvalue weighted by atomic mass is 15.0. The summed E-state index contributed by atoms with van der Waals surface area (Å²) in [5.41, 5.74) is 8.12. The Morgan fingerprint density at radius 1 is 0.377 bits per heavy atom. The van der Waals surface area contributed by atoms with Gasteiger partial charge in [-0.2, -0.15) is 21.0 Å². The minimum atomic E-state index is 0.277. The van der Waals surface area contributed by atoms with Gasteiger partial charge in [0.05, 0.1) is 57.2 Å². The summed E-state index contributed by atoms with van der Waals surface area (Å²) < 4.78 is 2.03. The van der Waals surface area contributed by atoms with Gasteiger partial charge in [0.2, 0.25) is 0 Å². The first-order valence-corrected chi connectivity index (χ1v) is 17.1. The zero-order valence-corrected chi connectivity index (χ0v) is 28.2. The number of benzene rings is 8. The Bertz CT molecular complexity index is 3050. The van der Waals surface area contributed by atoms with Crippen molar-refractivity contribution in [3.8, 4) is 63.3 Å². The first-order valence-electron chi connectivity index (χ1n) is 17.1. The molecule has 242 valence electrons. The van der Waals surface area contributed by atoms with Gasteiger partial charge in [-0.05, 0) is 80.2 Å². The molecule has 5 heteroatoms. The molecular weight excluding hydrogens is 647 g/mol.